The van der Waals surface area contributed by atoms with E-state index in [9.17, 15) is 30.4 Å². The highest BCUT2D eigenvalue weighted by Crippen LogP contribution is 2.31. The SMILES string of the molecule is CS(=O)(=O)c1cccc(-c2ccc(C(=N)CC(=NCc3ccc(F)cc3F)C(F)(F)F)s2)c1. The molecule has 1 aromatic heterocycles. The van der Waals surface area contributed by atoms with Gasteiger partial charge in [-0.25, -0.2) is 17.2 Å². The normalized spacial score (nSPS) is 12.7. The molecular weight excluding hydrogens is 483 g/mol. The number of hydrogen-bond donors (Lipinski definition) is 1. The largest absolute Gasteiger partial charge is 0.429 e. The zero-order chi connectivity index (χ0) is 24.4. The number of thiophene rings is 1. The van der Waals surface area contributed by atoms with Crippen LogP contribution in [0.5, 0.6) is 0 Å². The van der Waals surface area contributed by atoms with Crippen LogP contribution < -0.4 is 0 Å². The lowest BCUT2D eigenvalue weighted by Crippen LogP contribution is -2.26. The lowest BCUT2D eigenvalue weighted by atomic mass is 10.1. The van der Waals surface area contributed by atoms with Crippen molar-refractivity contribution in [1.82, 2.24) is 0 Å². The van der Waals surface area contributed by atoms with E-state index in [1.165, 1.54) is 18.2 Å². The Labute approximate surface area is 190 Å². The molecule has 3 aromatic rings. The van der Waals surface area contributed by atoms with Crippen LogP contribution in [-0.2, 0) is 16.4 Å². The van der Waals surface area contributed by atoms with Gasteiger partial charge in [-0.1, -0.05) is 18.2 Å². The van der Waals surface area contributed by atoms with Crippen LogP contribution in [0.25, 0.3) is 10.4 Å². The highest BCUT2D eigenvalue weighted by Gasteiger charge is 2.36. The molecule has 0 amide bonds. The van der Waals surface area contributed by atoms with Crippen molar-refractivity contribution in [3.8, 4) is 10.4 Å². The topological polar surface area (TPSA) is 70.3 Å². The van der Waals surface area contributed by atoms with E-state index in [1.54, 1.807) is 18.2 Å². The molecule has 0 saturated heterocycles. The van der Waals surface area contributed by atoms with Gasteiger partial charge in [-0.15, -0.1) is 11.3 Å². The van der Waals surface area contributed by atoms with Gasteiger partial charge < -0.3 is 5.41 Å². The van der Waals surface area contributed by atoms with Crippen LogP contribution in [0.2, 0.25) is 0 Å². The molecule has 4 nitrogen and oxygen atoms in total. The Kier molecular flexibility index (Phi) is 7.13. The van der Waals surface area contributed by atoms with Crippen molar-refractivity contribution in [2.75, 3.05) is 6.26 Å². The number of halogens is 5. The highest BCUT2D eigenvalue weighted by atomic mass is 32.2. The van der Waals surface area contributed by atoms with Gasteiger partial charge in [0.05, 0.1) is 17.2 Å². The standard InChI is InChI=1S/C22H17F5N2O2S2/c1-33(30,31)16-4-2-3-13(9-16)19-7-8-20(32-19)18(28)11-21(22(25,26)27)29-12-14-5-6-15(23)10-17(14)24/h2-10,28H,11-12H2,1H3. The molecule has 0 saturated carbocycles. The fourth-order valence-electron chi connectivity index (χ4n) is 2.87. The van der Waals surface area contributed by atoms with Crippen LogP contribution in [0, 0.1) is 17.0 Å². The van der Waals surface area contributed by atoms with Crippen molar-refractivity contribution < 1.29 is 30.4 Å². The fourth-order valence-corrected chi connectivity index (χ4v) is 4.48. The minimum atomic E-state index is -4.84. The molecule has 1 N–H and O–H groups in total. The Morgan fingerprint density at radius 1 is 1.06 bits per heavy atom. The van der Waals surface area contributed by atoms with Gasteiger partial charge in [-0.05, 0) is 35.9 Å². The van der Waals surface area contributed by atoms with E-state index in [4.69, 9.17) is 5.41 Å². The minimum Gasteiger partial charge on any atom is -0.303 e. The van der Waals surface area contributed by atoms with E-state index in [2.05, 4.69) is 4.99 Å². The average molecular weight is 501 g/mol. The lowest BCUT2D eigenvalue weighted by molar-refractivity contribution is -0.0600. The Balaban J connectivity index is 1.82. The van der Waals surface area contributed by atoms with Gasteiger partial charge in [0.1, 0.15) is 17.3 Å². The molecular formula is C22H17F5N2O2S2. The van der Waals surface area contributed by atoms with Crippen LogP contribution in [0.1, 0.15) is 16.9 Å². The lowest BCUT2D eigenvalue weighted by Gasteiger charge is -2.11. The van der Waals surface area contributed by atoms with Crippen molar-refractivity contribution in [3.63, 3.8) is 0 Å². The summed E-state index contributed by atoms with van der Waals surface area (Å²) >= 11 is 1.04. The maximum absolute atomic E-state index is 13.7. The molecule has 174 valence electrons. The van der Waals surface area contributed by atoms with E-state index >= 15 is 0 Å². The number of benzene rings is 2. The van der Waals surface area contributed by atoms with E-state index < -0.39 is 46.3 Å². The van der Waals surface area contributed by atoms with E-state index in [0.29, 0.717) is 16.5 Å². The maximum atomic E-state index is 13.7. The van der Waals surface area contributed by atoms with Gasteiger partial charge in [-0.3, -0.25) is 4.99 Å². The van der Waals surface area contributed by atoms with Crippen LogP contribution in [-0.4, -0.2) is 32.3 Å². The number of rotatable bonds is 7. The molecule has 0 aliphatic carbocycles. The molecule has 0 atom stereocenters. The molecule has 1 heterocycles. The van der Waals surface area contributed by atoms with E-state index in [1.807, 2.05) is 0 Å². The second kappa shape index (κ2) is 9.52. The Bertz CT molecular complexity index is 1330. The summed E-state index contributed by atoms with van der Waals surface area (Å²) in [6, 6.07) is 11.7. The van der Waals surface area contributed by atoms with Crippen molar-refractivity contribution in [2.24, 2.45) is 4.99 Å². The molecule has 0 fully saturated rings. The van der Waals surface area contributed by atoms with Gasteiger partial charge in [0.15, 0.2) is 9.84 Å². The van der Waals surface area contributed by atoms with Crippen LogP contribution >= 0.6 is 11.3 Å². The summed E-state index contributed by atoms with van der Waals surface area (Å²) in [5.74, 6) is -1.86. The third-order valence-corrected chi connectivity index (χ3v) is 6.88. The molecule has 3 rings (SSSR count). The van der Waals surface area contributed by atoms with Crippen molar-refractivity contribution in [1.29, 1.82) is 5.41 Å². The van der Waals surface area contributed by atoms with E-state index in [0.717, 1.165) is 29.7 Å². The van der Waals surface area contributed by atoms with Crippen molar-refractivity contribution in [2.45, 2.75) is 24.0 Å². The van der Waals surface area contributed by atoms with Gasteiger partial charge in [0, 0.05) is 34.1 Å². The summed E-state index contributed by atoms with van der Waals surface area (Å²) < 4.78 is 90.6. The van der Waals surface area contributed by atoms with Gasteiger partial charge >= 0.3 is 6.18 Å². The van der Waals surface area contributed by atoms with Crippen molar-refractivity contribution in [3.05, 3.63) is 76.7 Å². The quantitative estimate of drug-likeness (QED) is 0.317. The highest BCUT2D eigenvalue weighted by molar-refractivity contribution is 7.90. The summed E-state index contributed by atoms with van der Waals surface area (Å²) in [6.45, 7) is -0.651. The smallest absolute Gasteiger partial charge is 0.303 e. The molecule has 11 heteroatoms. The van der Waals surface area contributed by atoms with Gasteiger partial charge in [-0.2, -0.15) is 13.2 Å². The maximum Gasteiger partial charge on any atom is 0.429 e. The average Bonchev–Trinajstić information content (AvgIpc) is 3.21. The van der Waals surface area contributed by atoms with Gasteiger partial charge in [0.25, 0.3) is 0 Å². The summed E-state index contributed by atoms with van der Waals surface area (Å²) in [6.07, 6.45) is -4.61. The molecule has 0 spiro atoms. The summed E-state index contributed by atoms with van der Waals surface area (Å²) in [5.41, 5.74) is -1.25. The van der Waals surface area contributed by atoms with E-state index in [-0.39, 0.29) is 21.0 Å². The number of alkyl halides is 3. The fraction of sp³-hybridized carbons (Fsp3) is 0.182. The first-order chi connectivity index (χ1) is 15.3. The molecule has 2 aromatic carbocycles. The Morgan fingerprint density at radius 3 is 2.42 bits per heavy atom. The molecule has 0 aliphatic rings. The van der Waals surface area contributed by atoms with Gasteiger partial charge in [0.2, 0.25) is 0 Å². The first-order valence-electron chi connectivity index (χ1n) is 9.37. The molecule has 0 aliphatic heterocycles. The minimum absolute atomic E-state index is 0.101. The third kappa shape index (κ3) is 6.32. The summed E-state index contributed by atoms with van der Waals surface area (Å²) in [5, 5.41) is 8.12. The predicted molar refractivity (Wildman–Crippen MR) is 118 cm³/mol. The molecule has 33 heavy (non-hydrogen) atoms. The van der Waals surface area contributed by atoms with Crippen LogP contribution in [0.3, 0.4) is 0 Å². The number of nitrogens with zero attached hydrogens (tertiary/aromatic N) is 1. The summed E-state index contributed by atoms with van der Waals surface area (Å²) in [4.78, 5) is 4.38. The zero-order valence-electron chi connectivity index (χ0n) is 17.1. The number of hydrogen-bond acceptors (Lipinski definition) is 5. The molecule has 0 unspecified atom stereocenters. The van der Waals surface area contributed by atoms with Crippen LogP contribution in [0.4, 0.5) is 22.0 Å². The first kappa shape index (κ1) is 24.7. The number of sulfone groups is 1. The molecule has 0 bridgehead atoms. The second-order valence-electron chi connectivity index (χ2n) is 7.12. The Morgan fingerprint density at radius 2 is 1.79 bits per heavy atom. The monoisotopic (exact) mass is 500 g/mol. The predicted octanol–water partition coefficient (Wildman–Crippen LogP) is 6.06. The Hall–Kier alpha value is -2.92. The number of nitrogens with one attached hydrogen (secondary N) is 1. The molecule has 0 radical (unpaired) electrons. The number of aliphatic imine (C=N–C) groups is 1. The zero-order valence-corrected chi connectivity index (χ0v) is 18.7. The second-order valence-corrected chi connectivity index (χ2v) is 10.2. The first-order valence-corrected chi connectivity index (χ1v) is 12.1. The third-order valence-electron chi connectivity index (χ3n) is 4.58. The van der Waals surface area contributed by atoms with Crippen molar-refractivity contribution >= 4 is 32.6 Å². The van der Waals surface area contributed by atoms with Crippen LogP contribution in [0.15, 0.2) is 64.5 Å². The summed E-state index contributed by atoms with van der Waals surface area (Å²) in [7, 11) is -3.44.